The molecule has 0 bridgehead atoms. The van der Waals surface area contributed by atoms with Crippen molar-refractivity contribution in [3.05, 3.63) is 0 Å². The van der Waals surface area contributed by atoms with E-state index in [-0.39, 0.29) is 50.8 Å². The topological polar surface area (TPSA) is 0 Å². The Morgan fingerprint density at radius 2 is 0.750 bits per heavy atom. The van der Waals surface area contributed by atoms with Crippen molar-refractivity contribution < 1.29 is 43.4 Å². The molecule has 0 saturated heterocycles. The zero-order valence-corrected chi connectivity index (χ0v) is 4.11. The molecule has 27 valence electrons. The number of rotatable bonds is 0. The number of halogens is 2. The molecular formula is CH4Cl2V. The van der Waals surface area contributed by atoms with Crippen LogP contribution in [0, 0.1) is 0 Å². The molecule has 4 heavy (non-hydrogen) atoms. The van der Waals surface area contributed by atoms with E-state index < -0.39 is 0 Å². The SMILES string of the molecule is C.[Cl-].[Cl-].[V+2]. The van der Waals surface area contributed by atoms with Gasteiger partial charge in [-0.2, -0.15) is 0 Å². The Bertz CT molecular complexity index is 6.00. The Kier molecular flexibility index (Phi) is 508. The Labute approximate surface area is 51.1 Å². The minimum absolute atomic E-state index is 0. The molecule has 0 spiro atoms. The molecule has 0 fully saturated rings. The third-order valence-electron chi connectivity index (χ3n) is 0. The van der Waals surface area contributed by atoms with Gasteiger partial charge in [0, 0.05) is 0 Å². The van der Waals surface area contributed by atoms with Crippen LogP contribution in [-0.4, -0.2) is 0 Å². The average Bonchev–Trinajstić information content (AvgIpc) is 0. The van der Waals surface area contributed by atoms with Crippen LogP contribution in [0.15, 0.2) is 0 Å². The van der Waals surface area contributed by atoms with E-state index in [1.54, 1.807) is 0 Å². The van der Waals surface area contributed by atoms with Gasteiger partial charge in [-0.05, 0) is 0 Å². The maximum atomic E-state index is 0. The summed E-state index contributed by atoms with van der Waals surface area (Å²) in [5.41, 5.74) is 0. The molecule has 0 rings (SSSR count). The van der Waals surface area contributed by atoms with E-state index in [9.17, 15) is 0 Å². The molecule has 0 aliphatic heterocycles. The molecule has 0 atom stereocenters. The van der Waals surface area contributed by atoms with Crippen molar-refractivity contribution in [1.29, 1.82) is 0 Å². The van der Waals surface area contributed by atoms with Gasteiger partial charge in [-0.15, -0.1) is 0 Å². The fourth-order valence-electron chi connectivity index (χ4n) is 0. The fourth-order valence-corrected chi connectivity index (χ4v) is 0. The summed E-state index contributed by atoms with van der Waals surface area (Å²) in [4.78, 5) is 0. The summed E-state index contributed by atoms with van der Waals surface area (Å²) in [6, 6.07) is 0. The molecular weight excluding hydrogens is 134 g/mol. The first-order valence-corrected chi connectivity index (χ1v) is 0. The smallest absolute Gasteiger partial charge is 1.00 e. The summed E-state index contributed by atoms with van der Waals surface area (Å²) in [6.07, 6.45) is 0. The van der Waals surface area contributed by atoms with Crippen molar-refractivity contribution in [2.75, 3.05) is 0 Å². The van der Waals surface area contributed by atoms with Crippen molar-refractivity contribution in [3.63, 3.8) is 0 Å². The summed E-state index contributed by atoms with van der Waals surface area (Å²) in [5.74, 6) is 0. The van der Waals surface area contributed by atoms with Crippen molar-refractivity contribution in [2.45, 2.75) is 7.43 Å². The van der Waals surface area contributed by atoms with E-state index >= 15 is 0 Å². The first kappa shape index (κ1) is 66.1. The van der Waals surface area contributed by atoms with Crippen LogP contribution in [0.25, 0.3) is 0 Å². The Morgan fingerprint density at radius 1 is 0.750 bits per heavy atom. The van der Waals surface area contributed by atoms with Crippen molar-refractivity contribution >= 4 is 0 Å². The second kappa shape index (κ2) is 30.8. The third kappa shape index (κ3) is 10.9. The maximum absolute atomic E-state index is 0. The zero-order chi connectivity index (χ0) is 0. The second-order valence-corrected chi connectivity index (χ2v) is 0. The van der Waals surface area contributed by atoms with Gasteiger partial charge in [-0.25, -0.2) is 0 Å². The van der Waals surface area contributed by atoms with Gasteiger partial charge in [0.2, 0.25) is 0 Å². The molecule has 0 amide bonds. The molecule has 0 N–H and O–H groups in total. The third-order valence-corrected chi connectivity index (χ3v) is 0. The molecule has 3 heteroatoms. The van der Waals surface area contributed by atoms with Crippen LogP contribution in [0.4, 0.5) is 0 Å². The van der Waals surface area contributed by atoms with E-state index in [1.807, 2.05) is 0 Å². The summed E-state index contributed by atoms with van der Waals surface area (Å²) in [5, 5.41) is 0. The molecule has 0 aliphatic carbocycles. The van der Waals surface area contributed by atoms with Gasteiger partial charge in [-0.3, -0.25) is 0 Å². The average molecular weight is 138 g/mol. The van der Waals surface area contributed by atoms with E-state index in [0.29, 0.717) is 0 Å². The molecule has 1 radical (unpaired) electrons. The predicted octanol–water partition coefficient (Wildman–Crippen LogP) is -5.36. The predicted molar refractivity (Wildman–Crippen MR) is 6.73 cm³/mol. The van der Waals surface area contributed by atoms with E-state index in [2.05, 4.69) is 0 Å². The van der Waals surface area contributed by atoms with Gasteiger partial charge < -0.3 is 24.8 Å². The molecule has 0 nitrogen and oxygen atoms in total. The minimum Gasteiger partial charge on any atom is -1.00 e. The first-order valence-electron chi connectivity index (χ1n) is 0. The van der Waals surface area contributed by atoms with Crippen molar-refractivity contribution in [2.24, 2.45) is 0 Å². The first-order chi connectivity index (χ1) is 0. The van der Waals surface area contributed by atoms with Crippen molar-refractivity contribution in [1.82, 2.24) is 0 Å². The quantitative estimate of drug-likeness (QED) is 0.313. The van der Waals surface area contributed by atoms with Crippen LogP contribution in [0.1, 0.15) is 7.43 Å². The molecule has 0 aliphatic rings. The Morgan fingerprint density at radius 3 is 0.750 bits per heavy atom. The molecule has 0 unspecified atom stereocenters. The van der Waals surface area contributed by atoms with Crippen LogP contribution >= 0.6 is 0 Å². The normalized spacial score (nSPS) is 0. The summed E-state index contributed by atoms with van der Waals surface area (Å²) in [7, 11) is 0. The van der Waals surface area contributed by atoms with E-state index in [0.717, 1.165) is 0 Å². The molecule has 0 heterocycles. The molecule has 0 saturated carbocycles. The van der Waals surface area contributed by atoms with Gasteiger partial charge in [0.1, 0.15) is 0 Å². The van der Waals surface area contributed by atoms with Gasteiger partial charge in [-0.1, -0.05) is 7.43 Å². The standard InChI is InChI=1S/CH4.2ClH.V/h1H4;2*1H;/q;;;+2/p-2. The second-order valence-electron chi connectivity index (χ2n) is 0. The number of hydrogen-bond acceptors (Lipinski definition) is 0. The zero-order valence-electron chi connectivity index (χ0n) is 1.20. The van der Waals surface area contributed by atoms with Crippen LogP contribution < -0.4 is 24.8 Å². The largest absolute Gasteiger partial charge is 2.00 e. The van der Waals surface area contributed by atoms with Crippen LogP contribution in [-0.2, 0) is 18.6 Å². The summed E-state index contributed by atoms with van der Waals surface area (Å²) >= 11 is 0. The Hall–Kier alpha value is 1.16. The molecule has 0 aromatic carbocycles. The van der Waals surface area contributed by atoms with Gasteiger partial charge in [0.25, 0.3) is 0 Å². The van der Waals surface area contributed by atoms with Gasteiger partial charge in [0.15, 0.2) is 0 Å². The summed E-state index contributed by atoms with van der Waals surface area (Å²) < 4.78 is 0. The minimum atomic E-state index is 0. The van der Waals surface area contributed by atoms with Gasteiger partial charge in [0.05, 0.1) is 0 Å². The Balaban J connectivity index is 0. The molecule has 0 aromatic heterocycles. The van der Waals surface area contributed by atoms with Crippen LogP contribution in [0.5, 0.6) is 0 Å². The van der Waals surface area contributed by atoms with Crippen LogP contribution in [0.3, 0.4) is 0 Å². The van der Waals surface area contributed by atoms with Crippen molar-refractivity contribution in [3.8, 4) is 0 Å². The van der Waals surface area contributed by atoms with E-state index in [4.69, 9.17) is 0 Å². The summed E-state index contributed by atoms with van der Waals surface area (Å²) in [6.45, 7) is 0. The molecule has 0 aromatic rings. The maximum Gasteiger partial charge on any atom is 2.00 e. The monoisotopic (exact) mass is 137 g/mol. The van der Waals surface area contributed by atoms with E-state index in [1.165, 1.54) is 0 Å². The van der Waals surface area contributed by atoms with Crippen LogP contribution in [0.2, 0.25) is 0 Å². The fraction of sp³-hybridized carbons (Fsp3) is 1.00. The van der Waals surface area contributed by atoms with Gasteiger partial charge >= 0.3 is 18.6 Å². The number of hydrogen-bond donors (Lipinski definition) is 0.